The molecule has 0 aliphatic heterocycles. The number of hydrogen-bond donors (Lipinski definition) is 3. The molecule has 5 nitrogen and oxygen atoms in total. The minimum Gasteiger partial charge on any atom is -0.409 e. The second-order valence-corrected chi connectivity index (χ2v) is 4.72. The van der Waals surface area contributed by atoms with Gasteiger partial charge in [0.2, 0.25) is 0 Å². The highest BCUT2D eigenvalue weighted by Gasteiger charge is 2.04. The normalized spacial score (nSPS) is 15.6. The molecule has 1 aliphatic rings. The Morgan fingerprint density at radius 1 is 1.53 bits per heavy atom. The van der Waals surface area contributed by atoms with Crippen LogP contribution in [0.25, 0.3) is 0 Å². The third-order valence-electron chi connectivity index (χ3n) is 3.28. The first-order valence-electron chi connectivity index (χ1n) is 6.61. The fourth-order valence-corrected chi connectivity index (χ4v) is 2.22. The zero-order chi connectivity index (χ0) is 13.5. The summed E-state index contributed by atoms with van der Waals surface area (Å²) in [6, 6.07) is 3.76. The van der Waals surface area contributed by atoms with Gasteiger partial charge in [0, 0.05) is 12.7 Å². The number of aromatic nitrogens is 1. The van der Waals surface area contributed by atoms with E-state index in [0.717, 1.165) is 25.1 Å². The first-order chi connectivity index (χ1) is 9.29. The summed E-state index contributed by atoms with van der Waals surface area (Å²) in [7, 11) is 0. The summed E-state index contributed by atoms with van der Waals surface area (Å²) in [5.74, 6) is 0.0398. The van der Waals surface area contributed by atoms with Crippen molar-refractivity contribution in [2.24, 2.45) is 10.9 Å². The molecule has 5 heteroatoms. The largest absolute Gasteiger partial charge is 0.409 e. The third-order valence-corrected chi connectivity index (χ3v) is 3.28. The predicted octanol–water partition coefficient (Wildman–Crippen LogP) is 1.77. The molecule has 4 N–H and O–H groups in total. The fraction of sp³-hybridized carbons (Fsp3) is 0.429. The van der Waals surface area contributed by atoms with Gasteiger partial charge in [0.25, 0.3) is 0 Å². The van der Waals surface area contributed by atoms with E-state index in [9.17, 15) is 0 Å². The van der Waals surface area contributed by atoms with Crippen molar-refractivity contribution in [2.45, 2.75) is 32.2 Å². The Morgan fingerprint density at radius 2 is 2.42 bits per heavy atom. The van der Waals surface area contributed by atoms with Gasteiger partial charge in [-0.1, -0.05) is 16.8 Å². The van der Waals surface area contributed by atoms with Crippen molar-refractivity contribution in [3.63, 3.8) is 0 Å². The van der Waals surface area contributed by atoms with Crippen molar-refractivity contribution in [1.29, 1.82) is 0 Å². The van der Waals surface area contributed by atoms with E-state index in [-0.39, 0.29) is 5.84 Å². The molecule has 0 unspecified atom stereocenters. The molecule has 0 fully saturated rings. The Kier molecular flexibility index (Phi) is 4.92. The topological polar surface area (TPSA) is 83.5 Å². The van der Waals surface area contributed by atoms with E-state index in [1.54, 1.807) is 11.8 Å². The zero-order valence-corrected chi connectivity index (χ0v) is 11.0. The van der Waals surface area contributed by atoms with Gasteiger partial charge in [-0.3, -0.25) is 4.98 Å². The third kappa shape index (κ3) is 4.06. The molecule has 2 rings (SSSR count). The van der Waals surface area contributed by atoms with Gasteiger partial charge in [-0.25, -0.2) is 0 Å². The van der Waals surface area contributed by atoms with Crippen LogP contribution in [-0.4, -0.2) is 22.6 Å². The van der Waals surface area contributed by atoms with Gasteiger partial charge in [-0.05, 0) is 49.9 Å². The van der Waals surface area contributed by atoms with Gasteiger partial charge in [-0.2, -0.15) is 0 Å². The maximum absolute atomic E-state index is 8.62. The molecule has 1 aromatic heterocycles. The number of amidine groups is 1. The van der Waals surface area contributed by atoms with Gasteiger partial charge < -0.3 is 16.3 Å². The average molecular weight is 260 g/mol. The summed E-state index contributed by atoms with van der Waals surface area (Å²) < 4.78 is 0. The number of oxime groups is 1. The van der Waals surface area contributed by atoms with E-state index in [1.807, 2.05) is 12.1 Å². The van der Waals surface area contributed by atoms with Gasteiger partial charge in [0.1, 0.15) is 5.69 Å². The minimum absolute atomic E-state index is 0.0398. The molecule has 19 heavy (non-hydrogen) atoms. The number of nitrogens with two attached hydrogens (primary N) is 1. The Hall–Kier alpha value is -1.88. The van der Waals surface area contributed by atoms with Crippen LogP contribution in [0.5, 0.6) is 0 Å². The van der Waals surface area contributed by atoms with Crippen LogP contribution in [0.15, 0.2) is 35.1 Å². The fourth-order valence-electron chi connectivity index (χ4n) is 2.22. The number of nitrogens with zero attached hydrogens (tertiary/aromatic N) is 2. The molecular weight excluding hydrogens is 240 g/mol. The Labute approximate surface area is 113 Å². The van der Waals surface area contributed by atoms with Crippen molar-refractivity contribution in [3.8, 4) is 0 Å². The molecule has 0 bridgehead atoms. The lowest BCUT2D eigenvalue weighted by Gasteiger charge is -2.06. The smallest absolute Gasteiger partial charge is 0.188 e. The highest BCUT2D eigenvalue weighted by Crippen LogP contribution is 2.19. The van der Waals surface area contributed by atoms with E-state index in [4.69, 9.17) is 10.9 Å². The molecule has 0 radical (unpaired) electrons. The second-order valence-electron chi connectivity index (χ2n) is 4.72. The first-order valence-corrected chi connectivity index (χ1v) is 6.61. The summed E-state index contributed by atoms with van der Waals surface area (Å²) in [4.78, 5) is 4.05. The Morgan fingerprint density at radius 3 is 3.16 bits per heavy atom. The monoisotopic (exact) mass is 260 g/mol. The lowest BCUT2D eigenvalue weighted by Crippen LogP contribution is -2.18. The van der Waals surface area contributed by atoms with Crippen LogP contribution in [0.1, 0.15) is 36.9 Å². The van der Waals surface area contributed by atoms with Crippen molar-refractivity contribution in [2.75, 3.05) is 6.54 Å². The number of pyridine rings is 1. The van der Waals surface area contributed by atoms with Crippen LogP contribution in [0.4, 0.5) is 0 Å². The van der Waals surface area contributed by atoms with Crippen molar-refractivity contribution >= 4 is 5.84 Å². The van der Waals surface area contributed by atoms with Crippen LogP contribution in [-0.2, 0) is 6.54 Å². The second kappa shape index (κ2) is 6.89. The number of rotatable bonds is 6. The summed E-state index contributed by atoms with van der Waals surface area (Å²) >= 11 is 0. The first kappa shape index (κ1) is 13.5. The van der Waals surface area contributed by atoms with Crippen molar-refractivity contribution in [3.05, 3.63) is 41.2 Å². The van der Waals surface area contributed by atoms with Crippen molar-refractivity contribution < 1.29 is 5.21 Å². The minimum atomic E-state index is 0.0398. The molecule has 1 aliphatic carbocycles. The molecule has 0 spiro atoms. The van der Waals surface area contributed by atoms with E-state index >= 15 is 0 Å². The van der Waals surface area contributed by atoms with E-state index < -0.39 is 0 Å². The molecule has 0 amide bonds. The molecule has 1 aromatic rings. The van der Waals surface area contributed by atoms with E-state index in [0.29, 0.717) is 5.69 Å². The molecule has 0 aromatic carbocycles. The van der Waals surface area contributed by atoms with Gasteiger partial charge in [-0.15, -0.1) is 0 Å². The van der Waals surface area contributed by atoms with Gasteiger partial charge in [0.05, 0.1) is 0 Å². The van der Waals surface area contributed by atoms with Crippen molar-refractivity contribution in [1.82, 2.24) is 10.3 Å². The van der Waals surface area contributed by atoms with E-state index in [2.05, 4.69) is 21.5 Å². The lowest BCUT2D eigenvalue weighted by atomic mass is 10.1. The molecular formula is C14H20N4O. The summed E-state index contributed by atoms with van der Waals surface area (Å²) in [5.41, 5.74) is 8.66. The highest BCUT2D eigenvalue weighted by atomic mass is 16.4. The summed E-state index contributed by atoms with van der Waals surface area (Å²) in [6.45, 7) is 1.74. The van der Waals surface area contributed by atoms with E-state index in [1.165, 1.54) is 19.3 Å². The molecule has 0 atom stereocenters. The number of hydrogen-bond acceptors (Lipinski definition) is 4. The van der Waals surface area contributed by atoms with Gasteiger partial charge in [0.15, 0.2) is 5.84 Å². The highest BCUT2D eigenvalue weighted by molar-refractivity contribution is 5.95. The SMILES string of the molecule is N/C(=N/O)c1cc(CNCCC2=CCCC2)ccn1. The number of nitrogens with one attached hydrogen (secondary N) is 1. The molecule has 0 saturated heterocycles. The van der Waals surface area contributed by atoms with Crippen LogP contribution in [0.2, 0.25) is 0 Å². The Balaban J connectivity index is 1.79. The van der Waals surface area contributed by atoms with Gasteiger partial charge >= 0.3 is 0 Å². The summed E-state index contributed by atoms with van der Waals surface area (Å²) in [5, 5.41) is 15.0. The van der Waals surface area contributed by atoms with Crippen LogP contribution < -0.4 is 11.1 Å². The quantitative estimate of drug-likeness (QED) is 0.182. The van der Waals surface area contributed by atoms with Crippen LogP contribution in [0, 0.1) is 0 Å². The standard InChI is InChI=1S/C14H20N4O/c15-14(18-19)13-9-12(6-8-17-13)10-16-7-5-11-3-1-2-4-11/h3,6,8-9,16,19H,1-2,4-5,7,10H2,(H2,15,18). The maximum atomic E-state index is 8.62. The maximum Gasteiger partial charge on any atom is 0.188 e. The predicted molar refractivity (Wildman–Crippen MR) is 75.0 cm³/mol. The summed E-state index contributed by atoms with van der Waals surface area (Å²) in [6.07, 6.45) is 8.95. The average Bonchev–Trinajstić information content (AvgIpc) is 2.96. The molecule has 0 saturated carbocycles. The van der Waals surface area contributed by atoms with Crippen LogP contribution >= 0.6 is 0 Å². The number of allylic oxidation sites excluding steroid dienone is 1. The molecule has 102 valence electrons. The zero-order valence-electron chi connectivity index (χ0n) is 11.0. The van der Waals surface area contributed by atoms with Crippen LogP contribution in [0.3, 0.4) is 0 Å². The Bertz CT molecular complexity index is 482. The lowest BCUT2D eigenvalue weighted by molar-refractivity contribution is 0.318. The molecule has 1 heterocycles.